The number of allylic oxidation sites excluding steroid dienone is 4. The molecule has 0 aliphatic carbocycles. The van der Waals surface area contributed by atoms with Gasteiger partial charge in [-0.2, -0.15) is 0 Å². The van der Waals surface area contributed by atoms with E-state index in [0.717, 1.165) is 30.2 Å². The number of carbonyl (C=O) groups excluding carboxylic acids is 1. The van der Waals surface area contributed by atoms with Crippen molar-refractivity contribution in [3.63, 3.8) is 0 Å². The van der Waals surface area contributed by atoms with Crippen LogP contribution in [0.4, 0.5) is 4.79 Å². The zero-order valence-corrected chi connectivity index (χ0v) is 16.7. The molecule has 0 radical (unpaired) electrons. The van der Waals surface area contributed by atoms with Gasteiger partial charge in [-0.15, -0.1) is 0 Å². The van der Waals surface area contributed by atoms with Gasteiger partial charge >= 0.3 is 6.09 Å². The Morgan fingerprint density at radius 2 is 2.07 bits per heavy atom. The minimum Gasteiger partial charge on any atom is -0.461 e. The second-order valence-electron chi connectivity index (χ2n) is 7.07. The summed E-state index contributed by atoms with van der Waals surface area (Å²) < 4.78 is 11.5. The highest BCUT2D eigenvalue weighted by Gasteiger charge is 2.40. The molecular formula is C21H25ClN2O3. The number of rotatable bonds is 4. The lowest BCUT2D eigenvalue weighted by atomic mass is 9.83. The van der Waals surface area contributed by atoms with Crippen molar-refractivity contribution in [2.24, 2.45) is 5.92 Å². The zero-order valence-electron chi connectivity index (χ0n) is 15.9. The minimum atomic E-state index is -0.340. The average molecular weight is 389 g/mol. The van der Waals surface area contributed by atoms with E-state index < -0.39 is 0 Å². The summed E-state index contributed by atoms with van der Waals surface area (Å²) in [7, 11) is 3.35. The molecule has 2 aliphatic heterocycles. The van der Waals surface area contributed by atoms with Gasteiger partial charge in [-0.25, -0.2) is 4.79 Å². The van der Waals surface area contributed by atoms with Crippen LogP contribution in [0.3, 0.4) is 0 Å². The van der Waals surface area contributed by atoms with E-state index in [1.807, 2.05) is 31.2 Å². The first-order valence-electron chi connectivity index (χ1n) is 8.94. The van der Waals surface area contributed by atoms with Gasteiger partial charge < -0.3 is 14.4 Å². The molecule has 27 heavy (non-hydrogen) atoms. The molecule has 0 spiro atoms. The van der Waals surface area contributed by atoms with Gasteiger partial charge in [-0.05, 0) is 30.2 Å². The molecule has 2 unspecified atom stereocenters. The fourth-order valence-corrected chi connectivity index (χ4v) is 3.80. The number of fused-ring (bicyclic) bond motifs is 3. The molecule has 1 aromatic rings. The van der Waals surface area contributed by atoms with E-state index in [9.17, 15) is 4.79 Å². The number of likely N-dealkylation sites (tertiary alicyclic amines) is 1. The van der Waals surface area contributed by atoms with E-state index in [1.54, 1.807) is 20.2 Å². The summed E-state index contributed by atoms with van der Waals surface area (Å²) in [6, 6.07) is 8.11. The number of para-hydroxylation sites is 1. The van der Waals surface area contributed by atoms with Crippen LogP contribution in [-0.2, 0) is 4.74 Å². The maximum Gasteiger partial charge on any atom is 0.410 e. The summed E-state index contributed by atoms with van der Waals surface area (Å²) >= 11 is 6.26. The molecule has 1 aromatic carbocycles. The van der Waals surface area contributed by atoms with Gasteiger partial charge in [0.25, 0.3) is 0 Å². The predicted octanol–water partition coefficient (Wildman–Crippen LogP) is 4.33. The van der Waals surface area contributed by atoms with Crippen molar-refractivity contribution in [3.05, 3.63) is 64.9 Å². The molecule has 2 atom stereocenters. The fourth-order valence-electron chi connectivity index (χ4n) is 3.68. The Morgan fingerprint density at radius 3 is 2.78 bits per heavy atom. The highest BCUT2D eigenvalue weighted by atomic mass is 35.5. The Balaban J connectivity index is 1.91. The van der Waals surface area contributed by atoms with Gasteiger partial charge in [0.1, 0.15) is 18.2 Å². The summed E-state index contributed by atoms with van der Waals surface area (Å²) in [5.74, 6) is 2.13. The lowest BCUT2D eigenvalue weighted by molar-refractivity contribution is 0.0619. The average Bonchev–Trinajstić information content (AvgIpc) is 3.03. The second-order valence-corrected chi connectivity index (χ2v) is 7.50. The number of ether oxygens (including phenoxy) is 2. The number of amides is 1. The van der Waals surface area contributed by atoms with Gasteiger partial charge in [0.2, 0.25) is 0 Å². The molecule has 2 heterocycles. The molecule has 5 nitrogen and oxygen atoms in total. The standard InChI is InChI=1S/C21H25ClN2O3/c1-5-15(22)10-17-14(2)27-20-9-7-6-8-16(20)18-11-24(12-19(17)18)13-26-21(25)23(3)4/h5-10,18-19H,1,11-13H2,2-4H3/b15-10+. The highest BCUT2D eigenvalue weighted by molar-refractivity contribution is 6.31. The summed E-state index contributed by atoms with van der Waals surface area (Å²) in [4.78, 5) is 15.4. The predicted molar refractivity (Wildman–Crippen MR) is 107 cm³/mol. The lowest BCUT2D eigenvalue weighted by Gasteiger charge is -2.19. The smallest absolute Gasteiger partial charge is 0.410 e. The van der Waals surface area contributed by atoms with Crippen molar-refractivity contribution in [3.8, 4) is 5.75 Å². The Morgan fingerprint density at radius 1 is 1.37 bits per heavy atom. The van der Waals surface area contributed by atoms with Crippen molar-refractivity contribution in [1.82, 2.24) is 9.80 Å². The maximum atomic E-state index is 11.8. The summed E-state index contributed by atoms with van der Waals surface area (Å²) in [6.07, 6.45) is 3.22. The van der Waals surface area contributed by atoms with E-state index >= 15 is 0 Å². The minimum absolute atomic E-state index is 0.195. The van der Waals surface area contributed by atoms with Crippen molar-refractivity contribution < 1.29 is 14.3 Å². The number of halogens is 1. The molecule has 0 aromatic heterocycles. The molecule has 0 bridgehead atoms. The summed E-state index contributed by atoms with van der Waals surface area (Å²) in [6.45, 7) is 7.51. The monoisotopic (exact) mass is 388 g/mol. The van der Waals surface area contributed by atoms with E-state index in [4.69, 9.17) is 21.1 Å². The zero-order chi connectivity index (χ0) is 19.6. The van der Waals surface area contributed by atoms with E-state index in [0.29, 0.717) is 5.03 Å². The lowest BCUT2D eigenvalue weighted by Crippen LogP contribution is -2.31. The van der Waals surface area contributed by atoms with Crippen LogP contribution in [-0.4, -0.2) is 49.8 Å². The summed E-state index contributed by atoms with van der Waals surface area (Å²) in [5.41, 5.74) is 2.23. The van der Waals surface area contributed by atoms with Crippen LogP contribution in [0.25, 0.3) is 0 Å². The quantitative estimate of drug-likeness (QED) is 0.720. The normalized spacial score (nSPS) is 22.4. The third-order valence-corrected chi connectivity index (χ3v) is 5.27. The molecule has 2 aliphatic rings. The van der Waals surface area contributed by atoms with Crippen LogP contribution >= 0.6 is 11.6 Å². The van der Waals surface area contributed by atoms with Gasteiger partial charge in [0.05, 0.1) is 0 Å². The SMILES string of the molecule is C=C/C(Cl)=C\C1=C(C)Oc2ccccc2C2CN(COC(=O)N(C)C)CC12. The van der Waals surface area contributed by atoms with Crippen molar-refractivity contribution in [1.29, 1.82) is 0 Å². The van der Waals surface area contributed by atoms with Crippen molar-refractivity contribution >= 4 is 17.7 Å². The number of carbonyl (C=O) groups is 1. The molecule has 6 heteroatoms. The largest absolute Gasteiger partial charge is 0.461 e. The molecule has 0 N–H and O–H groups in total. The number of benzene rings is 1. The summed E-state index contributed by atoms with van der Waals surface area (Å²) in [5, 5.41) is 0.579. The molecular weight excluding hydrogens is 364 g/mol. The van der Waals surface area contributed by atoms with Crippen LogP contribution in [0, 0.1) is 5.92 Å². The molecule has 1 fully saturated rings. The topological polar surface area (TPSA) is 42.0 Å². The van der Waals surface area contributed by atoms with Gasteiger partial charge in [0.15, 0.2) is 0 Å². The molecule has 1 saturated heterocycles. The molecule has 144 valence electrons. The Labute approximate surface area is 165 Å². The third kappa shape index (κ3) is 4.20. The molecule has 1 amide bonds. The first kappa shape index (κ1) is 19.5. The second kappa shape index (κ2) is 8.19. The van der Waals surface area contributed by atoms with Crippen LogP contribution in [0.1, 0.15) is 18.4 Å². The maximum absolute atomic E-state index is 11.8. The molecule has 3 rings (SSSR count). The Kier molecular flexibility index (Phi) is 5.92. The van der Waals surface area contributed by atoms with E-state index in [2.05, 4.69) is 17.5 Å². The Bertz CT molecular complexity index is 800. The van der Waals surface area contributed by atoms with Gasteiger partial charge in [0, 0.05) is 44.1 Å². The third-order valence-electron chi connectivity index (χ3n) is 5.01. The number of hydrogen-bond donors (Lipinski definition) is 0. The van der Waals surface area contributed by atoms with E-state index in [-0.39, 0.29) is 24.7 Å². The van der Waals surface area contributed by atoms with Crippen LogP contribution < -0.4 is 4.74 Å². The molecule has 0 saturated carbocycles. The fraction of sp³-hybridized carbons (Fsp3) is 0.381. The van der Waals surface area contributed by atoms with Crippen molar-refractivity contribution in [2.45, 2.75) is 12.8 Å². The first-order chi connectivity index (χ1) is 12.9. The van der Waals surface area contributed by atoms with Crippen molar-refractivity contribution in [2.75, 3.05) is 33.9 Å². The van der Waals surface area contributed by atoms with Crippen LogP contribution in [0.15, 0.2) is 59.4 Å². The van der Waals surface area contributed by atoms with E-state index in [1.165, 1.54) is 10.5 Å². The van der Waals surface area contributed by atoms with Crippen LogP contribution in [0.5, 0.6) is 5.75 Å². The van der Waals surface area contributed by atoms with Gasteiger partial charge in [-0.3, -0.25) is 4.90 Å². The number of hydrogen-bond acceptors (Lipinski definition) is 4. The highest BCUT2D eigenvalue weighted by Crippen LogP contribution is 2.45. The Hall–Kier alpha value is -2.24. The number of nitrogens with zero attached hydrogens (tertiary/aromatic N) is 2. The van der Waals surface area contributed by atoms with Gasteiger partial charge in [-0.1, -0.05) is 42.5 Å². The first-order valence-corrected chi connectivity index (χ1v) is 9.32. The van der Waals surface area contributed by atoms with Crippen LogP contribution in [0.2, 0.25) is 0 Å².